The quantitative estimate of drug-likeness (QED) is 0.0575. The third kappa shape index (κ3) is 16.0. The molecule has 59 heavy (non-hydrogen) atoms. The number of aromatic nitrogens is 6. The summed E-state index contributed by atoms with van der Waals surface area (Å²) in [6, 6.07) is 0. The summed E-state index contributed by atoms with van der Waals surface area (Å²) in [5, 5.41) is 0. The maximum absolute atomic E-state index is 12.8. The molecular formula is C37H56N12O10. The van der Waals surface area contributed by atoms with E-state index in [1.54, 1.807) is 52.0 Å². The van der Waals surface area contributed by atoms with Gasteiger partial charge < -0.3 is 33.3 Å². The highest BCUT2D eigenvalue weighted by molar-refractivity contribution is 5.90. The summed E-state index contributed by atoms with van der Waals surface area (Å²) in [6.45, 7) is 9.21. The SMILES string of the molecule is C/C=C/C=C/C(=O)OCN(COC)c1nc(N(COC)CN(COC)c2nc(N(CC)COC(=O)/C=C/C=C/C)nc(N(COC)C(C)=O)n2)nc(N(CC)C(C)=O)n1. The molecule has 0 aliphatic heterocycles. The van der Waals surface area contributed by atoms with Crippen LogP contribution in [-0.2, 0) is 47.6 Å². The molecule has 0 atom stereocenters. The lowest BCUT2D eigenvalue weighted by molar-refractivity contribution is -0.138. The molecule has 0 aliphatic carbocycles. The largest absolute Gasteiger partial charge is 0.441 e. The molecule has 0 N–H and O–H groups in total. The van der Waals surface area contributed by atoms with E-state index in [4.69, 9.17) is 33.4 Å². The smallest absolute Gasteiger partial charge is 0.332 e. The Morgan fingerprint density at radius 3 is 1.24 bits per heavy atom. The first kappa shape index (κ1) is 49.0. The first-order valence-corrected chi connectivity index (χ1v) is 18.4. The molecule has 0 saturated carbocycles. The molecule has 2 aromatic heterocycles. The number of anilines is 6. The van der Waals surface area contributed by atoms with Crippen molar-refractivity contribution in [3.8, 4) is 0 Å². The first-order valence-electron chi connectivity index (χ1n) is 18.4. The molecule has 0 spiro atoms. The van der Waals surface area contributed by atoms with Crippen molar-refractivity contribution in [2.45, 2.75) is 41.5 Å². The number of allylic oxidation sites excluding steroid dienone is 6. The lowest BCUT2D eigenvalue weighted by atomic mass is 10.4. The van der Waals surface area contributed by atoms with Crippen molar-refractivity contribution in [3.05, 3.63) is 48.6 Å². The number of hydrogen-bond acceptors (Lipinski definition) is 20. The average Bonchev–Trinajstić information content (AvgIpc) is 3.21. The van der Waals surface area contributed by atoms with Crippen LogP contribution in [0.2, 0.25) is 0 Å². The van der Waals surface area contributed by atoms with Crippen LogP contribution in [0.3, 0.4) is 0 Å². The van der Waals surface area contributed by atoms with E-state index in [1.807, 2.05) is 20.8 Å². The minimum Gasteiger partial charge on any atom is -0.441 e. The fourth-order valence-electron chi connectivity index (χ4n) is 4.73. The minimum absolute atomic E-state index is 0.00472. The summed E-state index contributed by atoms with van der Waals surface area (Å²) in [6.07, 6.45) is 12.5. The van der Waals surface area contributed by atoms with Gasteiger partial charge in [0, 0.05) is 67.5 Å². The van der Waals surface area contributed by atoms with Crippen LogP contribution in [0.1, 0.15) is 41.5 Å². The van der Waals surface area contributed by atoms with E-state index in [2.05, 4.69) is 24.9 Å². The van der Waals surface area contributed by atoms with Crippen LogP contribution in [0, 0.1) is 0 Å². The van der Waals surface area contributed by atoms with Crippen molar-refractivity contribution in [1.29, 1.82) is 0 Å². The van der Waals surface area contributed by atoms with E-state index in [0.717, 1.165) is 0 Å². The number of nitrogens with zero attached hydrogens (tertiary/aromatic N) is 12. The molecule has 2 rings (SSSR count). The average molecular weight is 829 g/mol. The fraction of sp³-hybridized carbons (Fsp3) is 0.514. The molecule has 0 aromatic carbocycles. The maximum atomic E-state index is 12.8. The zero-order chi connectivity index (χ0) is 43.7. The molecule has 22 nitrogen and oxygen atoms in total. The Kier molecular flexibility index (Phi) is 22.2. The van der Waals surface area contributed by atoms with Crippen LogP contribution < -0.4 is 29.4 Å². The molecule has 0 radical (unpaired) electrons. The molecule has 2 heterocycles. The number of ether oxygens (including phenoxy) is 6. The standard InChI is InChI=1S/C37H56N12O10/c1-11-15-17-19-30(52)58-25-44(13-3)32-38-33(42-37(40-32)49(27-57-10)29(6)51)45(22-54-7)21-46(23-55-8)34-39-35(43-36(41-34)48(14-4)28(5)50)47(24-56-9)26-59-31(53)20-18-16-12-2/h11-12,15-20H,13-14,21-27H2,1-10H3/b15-11+,16-12+,19-17+,20-18+. The first-order chi connectivity index (χ1) is 28.4. The number of amides is 2. The second-order valence-electron chi connectivity index (χ2n) is 11.9. The minimum atomic E-state index is -0.625. The van der Waals surface area contributed by atoms with Crippen molar-refractivity contribution in [2.24, 2.45) is 0 Å². The van der Waals surface area contributed by atoms with Gasteiger partial charge in [-0.25, -0.2) is 9.59 Å². The Morgan fingerprint density at radius 1 is 0.475 bits per heavy atom. The third-order valence-corrected chi connectivity index (χ3v) is 7.52. The summed E-state index contributed by atoms with van der Waals surface area (Å²) in [4.78, 5) is 86.9. The fourth-order valence-corrected chi connectivity index (χ4v) is 4.73. The molecule has 0 fully saturated rings. The number of hydrogen-bond donors (Lipinski definition) is 0. The number of methoxy groups -OCH3 is 4. The predicted octanol–water partition coefficient (Wildman–Crippen LogP) is 2.37. The van der Waals surface area contributed by atoms with Crippen LogP contribution in [0.25, 0.3) is 0 Å². The number of carbonyl (C=O) groups is 4. The summed E-state index contributed by atoms with van der Waals surface area (Å²) in [5.41, 5.74) is 0. The Morgan fingerprint density at radius 2 is 0.847 bits per heavy atom. The van der Waals surface area contributed by atoms with Crippen molar-refractivity contribution >= 4 is 59.4 Å². The zero-order valence-corrected chi connectivity index (χ0v) is 35.4. The van der Waals surface area contributed by atoms with Gasteiger partial charge >= 0.3 is 11.9 Å². The third-order valence-electron chi connectivity index (χ3n) is 7.52. The Hall–Kier alpha value is -6.10. The molecule has 0 unspecified atom stereocenters. The van der Waals surface area contributed by atoms with Gasteiger partial charge in [-0.15, -0.1) is 0 Å². The van der Waals surface area contributed by atoms with Gasteiger partial charge in [0.05, 0.1) is 0 Å². The van der Waals surface area contributed by atoms with E-state index in [0.29, 0.717) is 6.54 Å². The van der Waals surface area contributed by atoms with E-state index in [1.165, 1.54) is 75.2 Å². The van der Waals surface area contributed by atoms with Gasteiger partial charge in [-0.2, -0.15) is 29.9 Å². The highest BCUT2D eigenvalue weighted by Crippen LogP contribution is 2.24. The van der Waals surface area contributed by atoms with Crippen LogP contribution in [0.5, 0.6) is 0 Å². The summed E-state index contributed by atoms with van der Waals surface area (Å²) in [5.74, 6) is -1.93. The Labute approximate surface area is 344 Å². The van der Waals surface area contributed by atoms with Crippen LogP contribution in [-0.4, -0.2) is 142 Å². The van der Waals surface area contributed by atoms with Gasteiger partial charge in [-0.1, -0.05) is 36.5 Å². The lowest BCUT2D eigenvalue weighted by Gasteiger charge is -2.32. The van der Waals surface area contributed by atoms with Gasteiger partial charge in [0.2, 0.25) is 47.5 Å². The van der Waals surface area contributed by atoms with E-state index in [-0.39, 0.29) is 95.2 Å². The zero-order valence-electron chi connectivity index (χ0n) is 35.4. The van der Waals surface area contributed by atoms with Crippen LogP contribution in [0.15, 0.2) is 48.6 Å². The molecular weight excluding hydrogens is 772 g/mol. The van der Waals surface area contributed by atoms with Gasteiger partial charge in [0.25, 0.3) is 0 Å². The van der Waals surface area contributed by atoms with Gasteiger partial charge in [0.1, 0.15) is 33.6 Å². The van der Waals surface area contributed by atoms with Crippen molar-refractivity contribution in [1.82, 2.24) is 29.9 Å². The highest BCUT2D eigenvalue weighted by Gasteiger charge is 2.27. The molecule has 0 aliphatic rings. The molecule has 22 heteroatoms. The monoisotopic (exact) mass is 828 g/mol. The topological polar surface area (TPSA) is 220 Å². The lowest BCUT2D eigenvalue weighted by Crippen LogP contribution is -2.43. The van der Waals surface area contributed by atoms with E-state index in [9.17, 15) is 19.2 Å². The number of carbonyl (C=O) groups excluding carboxylic acids is 4. The second kappa shape index (κ2) is 26.7. The summed E-state index contributed by atoms with van der Waals surface area (Å²) in [7, 11) is 5.79. The van der Waals surface area contributed by atoms with E-state index >= 15 is 0 Å². The number of rotatable bonds is 26. The Bertz CT molecular complexity index is 1770. The molecule has 2 amide bonds. The van der Waals surface area contributed by atoms with Gasteiger partial charge in [0.15, 0.2) is 13.5 Å². The molecule has 324 valence electrons. The van der Waals surface area contributed by atoms with Crippen molar-refractivity contribution in [2.75, 3.05) is 118 Å². The van der Waals surface area contributed by atoms with Gasteiger partial charge in [-0.3, -0.25) is 34.1 Å². The van der Waals surface area contributed by atoms with E-state index < -0.39 is 17.8 Å². The molecule has 2 aromatic rings. The van der Waals surface area contributed by atoms with Gasteiger partial charge in [-0.05, 0) is 27.7 Å². The normalized spacial score (nSPS) is 11.4. The molecule has 0 saturated heterocycles. The maximum Gasteiger partial charge on any atom is 0.332 e. The molecule has 0 bridgehead atoms. The second-order valence-corrected chi connectivity index (χ2v) is 11.9. The number of esters is 2. The predicted molar refractivity (Wildman–Crippen MR) is 219 cm³/mol. The Balaban J connectivity index is 2.77. The summed E-state index contributed by atoms with van der Waals surface area (Å²) < 4.78 is 32.7. The van der Waals surface area contributed by atoms with Crippen molar-refractivity contribution < 1.29 is 47.6 Å². The summed E-state index contributed by atoms with van der Waals surface area (Å²) >= 11 is 0. The van der Waals surface area contributed by atoms with Crippen molar-refractivity contribution in [3.63, 3.8) is 0 Å². The van der Waals surface area contributed by atoms with Crippen LogP contribution in [0.4, 0.5) is 35.7 Å². The van der Waals surface area contributed by atoms with Crippen LogP contribution >= 0.6 is 0 Å². The highest BCUT2D eigenvalue weighted by atomic mass is 16.6.